The Morgan fingerprint density at radius 3 is 2.30 bits per heavy atom. The molecule has 0 aromatic heterocycles. The predicted octanol–water partition coefficient (Wildman–Crippen LogP) is 3.35. The summed E-state index contributed by atoms with van der Waals surface area (Å²) in [6.45, 7) is 0.339. The van der Waals surface area contributed by atoms with Gasteiger partial charge in [-0.3, -0.25) is 14.9 Å². The molecule has 0 bridgehead atoms. The molecule has 0 spiro atoms. The van der Waals surface area contributed by atoms with Crippen LogP contribution < -0.4 is 10.2 Å². The van der Waals surface area contributed by atoms with Gasteiger partial charge < -0.3 is 15.1 Å². The summed E-state index contributed by atoms with van der Waals surface area (Å²) in [4.78, 5) is 26.9. The van der Waals surface area contributed by atoms with Crippen molar-refractivity contribution in [2.45, 2.75) is 6.04 Å². The Hall–Kier alpha value is -2.64. The van der Waals surface area contributed by atoms with Gasteiger partial charge >= 0.3 is 0 Å². The first-order valence-corrected chi connectivity index (χ1v) is 8.74. The van der Waals surface area contributed by atoms with Gasteiger partial charge in [0.25, 0.3) is 11.6 Å². The number of amides is 1. The van der Waals surface area contributed by atoms with Gasteiger partial charge in [-0.25, -0.2) is 0 Å². The number of nitrogens with one attached hydrogen (secondary N) is 1. The highest BCUT2D eigenvalue weighted by molar-refractivity contribution is 6.33. The number of hydrogen-bond donors (Lipinski definition) is 1. The molecule has 1 atom stereocenters. The number of carbonyl (C=O) groups is 1. The van der Waals surface area contributed by atoms with E-state index in [-0.39, 0.29) is 22.3 Å². The van der Waals surface area contributed by atoms with Gasteiger partial charge in [0.15, 0.2) is 0 Å². The average Bonchev–Trinajstić information content (AvgIpc) is 2.62. The van der Waals surface area contributed by atoms with Gasteiger partial charge in [0, 0.05) is 38.5 Å². The molecular formula is C19H23ClN4O3. The third-order valence-corrected chi connectivity index (χ3v) is 4.61. The maximum absolute atomic E-state index is 12.5. The first kappa shape index (κ1) is 20.7. The molecule has 0 fully saturated rings. The van der Waals surface area contributed by atoms with Crippen LogP contribution in [-0.2, 0) is 0 Å². The fourth-order valence-corrected chi connectivity index (χ4v) is 2.88. The zero-order chi connectivity index (χ0) is 20.1. The second kappa shape index (κ2) is 8.83. The van der Waals surface area contributed by atoms with Crippen molar-refractivity contribution in [1.82, 2.24) is 10.2 Å². The van der Waals surface area contributed by atoms with Crippen molar-refractivity contribution in [2.75, 3.05) is 39.6 Å². The van der Waals surface area contributed by atoms with E-state index < -0.39 is 10.8 Å². The van der Waals surface area contributed by atoms with Gasteiger partial charge in [-0.1, -0.05) is 23.7 Å². The van der Waals surface area contributed by atoms with Crippen molar-refractivity contribution in [1.29, 1.82) is 0 Å². The minimum Gasteiger partial charge on any atom is -0.378 e. The maximum Gasteiger partial charge on any atom is 0.270 e. The predicted molar refractivity (Wildman–Crippen MR) is 108 cm³/mol. The minimum absolute atomic E-state index is 0.0531. The molecule has 0 unspecified atom stereocenters. The number of nitro groups is 1. The summed E-state index contributed by atoms with van der Waals surface area (Å²) in [6, 6.07) is 11.8. The topological polar surface area (TPSA) is 78.7 Å². The number of likely N-dealkylation sites (N-methyl/N-ethyl adjacent to an activating group) is 1. The lowest BCUT2D eigenvalue weighted by Crippen LogP contribution is -2.34. The number of non-ortho nitro benzene ring substituents is 1. The SMILES string of the molecule is CN(C)c1ccc([C@@H](CNC(=O)c2cc([N+](=O)[O-])ccc2Cl)N(C)C)cc1. The average molecular weight is 391 g/mol. The van der Waals surface area contributed by atoms with Crippen LogP contribution in [0, 0.1) is 10.1 Å². The molecule has 8 heteroatoms. The number of benzene rings is 2. The van der Waals surface area contributed by atoms with E-state index in [9.17, 15) is 14.9 Å². The molecule has 0 radical (unpaired) electrons. The molecule has 0 aliphatic heterocycles. The van der Waals surface area contributed by atoms with E-state index in [1.54, 1.807) is 0 Å². The van der Waals surface area contributed by atoms with E-state index in [0.29, 0.717) is 6.54 Å². The maximum atomic E-state index is 12.5. The Bertz CT molecular complexity index is 822. The van der Waals surface area contributed by atoms with Crippen molar-refractivity contribution >= 4 is 28.9 Å². The van der Waals surface area contributed by atoms with Crippen LogP contribution in [-0.4, -0.2) is 50.5 Å². The van der Waals surface area contributed by atoms with Crippen LogP contribution in [0.1, 0.15) is 22.0 Å². The lowest BCUT2D eigenvalue weighted by Gasteiger charge is -2.26. The van der Waals surface area contributed by atoms with Crippen molar-refractivity contribution in [2.24, 2.45) is 0 Å². The molecule has 1 N–H and O–H groups in total. The summed E-state index contributed by atoms with van der Waals surface area (Å²) >= 11 is 6.04. The zero-order valence-corrected chi connectivity index (χ0v) is 16.5. The Labute approximate surface area is 163 Å². The molecule has 2 rings (SSSR count). The van der Waals surface area contributed by atoms with Gasteiger partial charge in [0.2, 0.25) is 0 Å². The summed E-state index contributed by atoms with van der Waals surface area (Å²) in [7, 11) is 7.80. The summed E-state index contributed by atoms with van der Waals surface area (Å²) < 4.78 is 0. The van der Waals surface area contributed by atoms with Crippen molar-refractivity contribution in [3.8, 4) is 0 Å². The first-order chi connectivity index (χ1) is 12.7. The molecular weight excluding hydrogens is 368 g/mol. The highest BCUT2D eigenvalue weighted by Crippen LogP contribution is 2.23. The van der Waals surface area contributed by atoms with Crippen LogP contribution in [0.15, 0.2) is 42.5 Å². The van der Waals surface area contributed by atoms with Crippen LogP contribution >= 0.6 is 11.6 Å². The Kier molecular flexibility index (Phi) is 6.76. The number of anilines is 1. The molecule has 2 aromatic carbocycles. The van der Waals surface area contributed by atoms with Crippen LogP contribution in [0.25, 0.3) is 0 Å². The number of halogens is 1. The molecule has 2 aromatic rings. The van der Waals surface area contributed by atoms with Gasteiger partial charge in [0.05, 0.1) is 21.6 Å². The normalized spacial score (nSPS) is 11.9. The first-order valence-electron chi connectivity index (χ1n) is 8.36. The molecule has 0 aliphatic carbocycles. The van der Waals surface area contributed by atoms with Crippen molar-refractivity contribution in [3.63, 3.8) is 0 Å². The zero-order valence-electron chi connectivity index (χ0n) is 15.8. The summed E-state index contributed by atoms with van der Waals surface area (Å²) in [5.74, 6) is -0.444. The molecule has 0 saturated heterocycles. The fraction of sp³-hybridized carbons (Fsp3) is 0.316. The van der Waals surface area contributed by atoms with E-state index in [1.165, 1.54) is 18.2 Å². The van der Waals surface area contributed by atoms with Gasteiger partial charge in [0.1, 0.15) is 0 Å². The van der Waals surface area contributed by atoms with E-state index in [2.05, 4.69) is 5.32 Å². The van der Waals surface area contributed by atoms with E-state index in [4.69, 9.17) is 11.6 Å². The molecule has 0 heterocycles. The molecule has 7 nitrogen and oxygen atoms in total. The quantitative estimate of drug-likeness (QED) is 0.579. The summed E-state index contributed by atoms with van der Waals surface area (Å²) in [6.07, 6.45) is 0. The molecule has 0 aliphatic rings. The second-order valence-corrected chi connectivity index (χ2v) is 7.00. The fourth-order valence-electron chi connectivity index (χ4n) is 2.68. The number of nitrogens with zero attached hydrogens (tertiary/aromatic N) is 3. The number of carbonyl (C=O) groups excluding carboxylic acids is 1. The van der Waals surface area contributed by atoms with E-state index in [0.717, 1.165) is 11.3 Å². The third-order valence-electron chi connectivity index (χ3n) is 4.28. The van der Waals surface area contributed by atoms with Crippen molar-refractivity contribution in [3.05, 3.63) is 68.7 Å². The largest absolute Gasteiger partial charge is 0.378 e. The van der Waals surface area contributed by atoms with Crippen LogP contribution in [0.3, 0.4) is 0 Å². The molecule has 0 saturated carbocycles. The number of nitro benzene ring substituents is 1. The second-order valence-electron chi connectivity index (χ2n) is 6.60. The van der Waals surface area contributed by atoms with Gasteiger partial charge in [-0.2, -0.15) is 0 Å². The Morgan fingerprint density at radius 2 is 1.78 bits per heavy atom. The highest BCUT2D eigenvalue weighted by atomic mass is 35.5. The lowest BCUT2D eigenvalue weighted by atomic mass is 10.0. The number of hydrogen-bond acceptors (Lipinski definition) is 5. The number of rotatable bonds is 7. The van der Waals surface area contributed by atoms with Crippen LogP contribution in [0.5, 0.6) is 0 Å². The molecule has 144 valence electrons. The smallest absolute Gasteiger partial charge is 0.270 e. The molecule has 1 amide bonds. The molecule has 27 heavy (non-hydrogen) atoms. The standard InChI is InChI=1S/C19H23ClN4O3/c1-22(2)14-7-5-13(6-8-14)18(23(3)4)12-21-19(25)16-11-15(24(26)27)9-10-17(16)20/h5-11,18H,12H2,1-4H3,(H,21,25)/t18-/m1/s1. The summed E-state index contributed by atoms with van der Waals surface area (Å²) in [5.41, 5.74) is 2.05. The monoisotopic (exact) mass is 390 g/mol. The van der Waals surface area contributed by atoms with Crippen molar-refractivity contribution < 1.29 is 9.72 Å². The minimum atomic E-state index is -0.554. The summed E-state index contributed by atoms with van der Waals surface area (Å²) in [5, 5.41) is 13.9. The van der Waals surface area contributed by atoms with Gasteiger partial charge in [-0.05, 0) is 37.9 Å². The van der Waals surface area contributed by atoms with Crippen LogP contribution in [0.4, 0.5) is 11.4 Å². The van der Waals surface area contributed by atoms with E-state index in [1.807, 2.05) is 62.3 Å². The Balaban J connectivity index is 2.15. The van der Waals surface area contributed by atoms with Gasteiger partial charge in [-0.15, -0.1) is 0 Å². The third kappa shape index (κ3) is 5.18. The lowest BCUT2D eigenvalue weighted by molar-refractivity contribution is -0.384. The van der Waals surface area contributed by atoms with E-state index >= 15 is 0 Å². The highest BCUT2D eigenvalue weighted by Gasteiger charge is 2.19. The Morgan fingerprint density at radius 1 is 1.15 bits per heavy atom. The van der Waals surface area contributed by atoms with Crippen LogP contribution in [0.2, 0.25) is 5.02 Å².